The molecule has 0 radical (unpaired) electrons. The van der Waals surface area contributed by atoms with Gasteiger partial charge >= 0.3 is 0 Å². The fourth-order valence-corrected chi connectivity index (χ4v) is 5.76. The number of aromatic hydroxyl groups is 1. The van der Waals surface area contributed by atoms with Gasteiger partial charge in [0.2, 0.25) is 10.4 Å². The first-order valence-corrected chi connectivity index (χ1v) is 13.7. The highest BCUT2D eigenvalue weighted by molar-refractivity contribution is 7.95. The van der Waals surface area contributed by atoms with E-state index in [2.05, 4.69) is 55.5 Å². The number of rotatable bonds is 5. The van der Waals surface area contributed by atoms with E-state index >= 15 is 0 Å². The molecule has 0 amide bonds. The van der Waals surface area contributed by atoms with E-state index in [1.54, 1.807) is 12.1 Å². The summed E-state index contributed by atoms with van der Waals surface area (Å²) in [4.78, 5) is 1.29. The summed E-state index contributed by atoms with van der Waals surface area (Å²) in [5, 5.41) is 9.23. The Morgan fingerprint density at radius 2 is 1.55 bits per heavy atom. The van der Waals surface area contributed by atoms with E-state index in [-0.39, 0.29) is 16.3 Å². The van der Waals surface area contributed by atoms with Crippen LogP contribution in [0.2, 0.25) is 0 Å². The summed E-state index contributed by atoms with van der Waals surface area (Å²) in [7, 11) is -4.33. The molecule has 0 saturated heterocycles. The Labute approximate surface area is 190 Å². The fourth-order valence-electron chi connectivity index (χ4n) is 3.78. The molecule has 1 fully saturated rings. The van der Waals surface area contributed by atoms with Crippen LogP contribution in [-0.4, -0.2) is 30.4 Å². The molecule has 3 rings (SSSR count). The van der Waals surface area contributed by atoms with Crippen molar-refractivity contribution in [2.24, 2.45) is 11.3 Å². The van der Waals surface area contributed by atoms with Crippen molar-refractivity contribution in [3.63, 3.8) is 0 Å². The summed E-state index contributed by atoms with van der Waals surface area (Å²) in [6, 6.07) is 18.0. The van der Waals surface area contributed by atoms with Crippen LogP contribution in [0.25, 0.3) is 0 Å². The second-order valence-electron chi connectivity index (χ2n) is 9.11. The van der Waals surface area contributed by atoms with E-state index in [0.29, 0.717) is 24.5 Å². The smallest absolute Gasteiger partial charge is 0.217 e. The predicted molar refractivity (Wildman–Crippen MR) is 126 cm³/mol. The van der Waals surface area contributed by atoms with Gasteiger partial charge in [0.15, 0.2) is 4.90 Å². The molecular weight excluding hydrogens is 432 g/mol. The summed E-state index contributed by atoms with van der Waals surface area (Å²) < 4.78 is 35.7. The second-order valence-corrected chi connectivity index (χ2v) is 12.1. The van der Waals surface area contributed by atoms with Crippen molar-refractivity contribution < 1.29 is 22.3 Å². The fraction of sp³-hybridized carbons (Fsp3) is 0.500. The molecule has 1 aliphatic carbocycles. The molecule has 0 spiro atoms. The molecule has 172 valence electrons. The molecule has 0 aliphatic heterocycles. The molecule has 1 N–H and O–H groups in total. The summed E-state index contributed by atoms with van der Waals surface area (Å²) in [5.41, 5.74) is 1.61. The van der Waals surface area contributed by atoms with Gasteiger partial charge in [0.1, 0.15) is 17.8 Å². The van der Waals surface area contributed by atoms with Crippen LogP contribution >= 0.6 is 0 Å². The predicted octanol–water partition coefficient (Wildman–Crippen LogP) is 5.27. The maximum Gasteiger partial charge on any atom is 0.217 e. The summed E-state index contributed by atoms with van der Waals surface area (Å²) in [6.45, 7) is 6.55. The number of phenolic OH excluding ortho intramolecular Hbond substituents is 1. The highest BCUT2D eigenvalue weighted by atomic mass is 32.3. The zero-order chi connectivity index (χ0) is 23.1. The van der Waals surface area contributed by atoms with Crippen LogP contribution < -0.4 is 0 Å². The van der Waals surface area contributed by atoms with E-state index in [1.807, 2.05) is 18.2 Å². The average molecular weight is 467 g/mol. The van der Waals surface area contributed by atoms with Crippen molar-refractivity contribution in [3.05, 3.63) is 60.2 Å². The maximum absolute atomic E-state index is 10.4. The minimum atomic E-state index is -4.53. The van der Waals surface area contributed by atoms with Crippen LogP contribution in [0.15, 0.2) is 59.5 Å². The maximum atomic E-state index is 10.4. The number of benzene rings is 2. The van der Waals surface area contributed by atoms with Crippen LogP contribution in [0.4, 0.5) is 0 Å². The quantitative estimate of drug-likeness (QED) is 0.369. The first-order valence-electron chi connectivity index (χ1n) is 10.5. The highest BCUT2D eigenvalue weighted by Crippen LogP contribution is 2.38. The minimum Gasteiger partial charge on any atom is -0.726 e. The van der Waals surface area contributed by atoms with Gasteiger partial charge in [0.25, 0.3) is 0 Å². The molecule has 31 heavy (non-hydrogen) atoms. The van der Waals surface area contributed by atoms with Gasteiger partial charge < -0.3 is 9.66 Å². The van der Waals surface area contributed by atoms with E-state index in [9.17, 15) is 18.1 Å². The van der Waals surface area contributed by atoms with Crippen molar-refractivity contribution >= 4 is 21.3 Å². The van der Waals surface area contributed by atoms with Gasteiger partial charge in [-0.3, -0.25) is 4.18 Å². The topological polar surface area (TPSA) is 86.7 Å². The molecular formula is C24H34O5S2. The SMILES string of the molecule is CC(C)(C)C1CCC(OS(=O)(=O)[O-])CC1.C[S+](Cc1ccccc1)c1ccc(O)cc1. The van der Waals surface area contributed by atoms with Crippen molar-refractivity contribution in [1.82, 2.24) is 0 Å². The summed E-state index contributed by atoms with van der Waals surface area (Å²) in [5.74, 6) is 1.98. The summed E-state index contributed by atoms with van der Waals surface area (Å²) >= 11 is 0. The van der Waals surface area contributed by atoms with Crippen LogP contribution in [0.3, 0.4) is 0 Å². The zero-order valence-electron chi connectivity index (χ0n) is 18.8. The summed E-state index contributed by atoms with van der Waals surface area (Å²) in [6.07, 6.45) is 5.05. The van der Waals surface area contributed by atoms with Crippen molar-refractivity contribution in [3.8, 4) is 5.75 Å². The third kappa shape index (κ3) is 9.64. The van der Waals surface area contributed by atoms with E-state index < -0.39 is 16.5 Å². The Morgan fingerprint density at radius 3 is 2.03 bits per heavy atom. The Balaban J connectivity index is 0.000000221. The molecule has 1 aliphatic rings. The molecule has 1 unspecified atom stereocenters. The second kappa shape index (κ2) is 11.4. The van der Waals surface area contributed by atoms with Crippen molar-refractivity contribution in [1.29, 1.82) is 0 Å². The Bertz CT molecular complexity index is 882. The molecule has 7 heteroatoms. The lowest BCUT2D eigenvalue weighted by Crippen LogP contribution is -2.30. The molecule has 0 aromatic heterocycles. The van der Waals surface area contributed by atoms with Gasteiger partial charge in [-0.15, -0.1) is 0 Å². The third-order valence-electron chi connectivity index (χ3n) is 5.62. The van der Waals surface area contributed by atoms with Gasteiger partial charge in [0, 0.05) is 16.5 Å². The first kappa shape index (κ1) is 25.7. The molecule has 1 atom stereocenters. The standard InChI is InChI=1S/C14H14OS.C10H20O4S/c1-16(11-12-5-3-2-4-6-12)14-9-7-13(15)8-10-14;1-10(2,3)8-4-6-9(7-5-8)14-15(11,12)13/h2-10H,11H2,1H3;8-9H,4-7H2,1-3H3,(H,11,12,13). The monoisotopic (exact) mass is 466 g/mol. The van der Waals surface area contributed by atoms with E-state index in [1.165, 1.54) is 10.5 Å². The van der Waals surface area contributed by atoms with Crippen LogP contribution in [0.5, 0.6) is 5.75 Å². The van der Waals surface area contributed by atoms with Gasteiger partial charge in [-0.2, -0.15) is 0 Å². The van der Waals surface area contributed by atoms with Crippen molar-refractivity contribution in [2.45, 2.75) is 63.2 Å². The molecule has 2 aromatic carbocycles. The third-order valence-corrected chi connectivity index (χ3v) is 7.97. The largest absolute Gasteiger partial charge is 0.726 e. The highest BCUT2D eigenvalue weighted by Gasteiger charge is 2.30. The first-order chi connectivity index (χ1) is 14.4. The lowest BCUT2D eigenvalue weighted by atomic mass is 9.72. The molecule has 0 bridgehead atoms. The zero-order valence-corrected chi connectivity index (χ0v) is 20.4. The average Bonchev–Trinajstić information content (AvgIpc) is 2.68. The Morgan fingerprint density at radius 1 is 1.00 bits per heavy atom. The molecule has 5 nitrogen and oxygen atoms in total. The van der Waals surface area contributed by atoms with E-state index in [0.717, 1.165) is 18.6 Å². The normalized spacial score (nSPS) is 20.4. The van der Waals surface area contributed by atoms with Crippen LogP contribution in [-0.2, 0) is 31.2 Å². The Hall–Kier alpha value is -1.54. The number of phenols is 1. The van der Waals surface area contributed by atoms with Gasteiger partial charge in [-0.05, 0) is 61.3 Å². The number of hydrogen-bond donors (Lipinski definition) is 1. The van der Waals surface area contributed by atoms with Crippen LogP contribution in [0.1, 0.15) is 52.0 Å². The minimum absolute atomic E-state index is 0.196. The van der Waals surface area contributed by atoms with E-state index in [4.69, 9.17) is 0 Å². The number of hydrogen-bond acceptors (Lipinski definition) is 5. The Kier molecular flexibility index (Phi) is 9.43. The lowest BCUT2D eigenvalue weighted by Gasteiger charge is -2.36. The van der Waals surface area contributed by atoms with Crippen LogP contribution in [0, 0.1) is 11.3 Å². The molecule has 2 aromatic rings. The molecule has 0 heterocycles. The van der Waals surface area contributed by atoms with Gasteiger partial charge in [-0.1, -0.05) is 51.1 Å². The molecule has 1 saturated carbocycles. The van der Waals surface area contributed by atoms with Gasteiger partial charge in [0.05, 0.1) is 6.10 Å². The van der Waals surface area contributed by atoms with Crippen molar-refractivity contribution in [2.75, 3.05) is 6.26 Å². The lowest BCUT2D eigenvalue weighted by molar-refractivity contribution is 0.0827. The van der Waals surface area contributed by atoms with Gasteiger partial charge in [-0.25, -0.2) is 8.42 Å².